The van der Waals surface area contributed by atoms with Gasteiger partial charge < -0.3 is 24.1 Å². The molecule has 0 radical (unpaired) electrons. The highest BCUT2D eigenvalue weighted by molar-refractivity contribution is 7.91. The van der Waals surface area contributed by atoms with Gasteiger partial charge in [-0.15, -0.1) is 0 Å². The van der Waals surface area contributed by atoms with Crippen LogP contribution in [0, 0.1) is 0 Å². The number of aromatic nitrogens is 4. The molecule has 2 aromatic carbocycles. The number of hydrogen-bond donors (Lipinski definition) is 2. The Morgan fingerprint density at radius 3 is 2.62 bits per heavy atom. The molecule has 236 valence electrons. The number of carbonyl (C=O) groups excluding carboxylic acids is 1. The molecule has 0 spiro atoms. The van der Waals surface area contributed by atoms with Crippen molar-refractivity contribution in [1.82, 2.24) is 24.2 Å². The first kappa shape index (κ1) is 30.2. The van der Waals surface area contributed by atoms with Crippen molar-refractivity contribution in [1.29, 1.82) is 0 Å². The summed E-state index contributed by atoms with van der Waals surface area (Å²) in [7, 11) is -5.07. The van der Waals surface area contributed by atoms with Crippen molar-refractivity contribution in [3.63, 3.8) is 0 Å². The van der Waals surface area contributed by atoms with Crippen molar-refractivity contribution in [2.75, 3.05) is 17.6 Å². The van der Waals surface area contributed by atoms with Gasteiger partial charge in [0, 0.05) is 24.6 Å². The fourth-order valence-corrected chi connectivity index (χ4v) is 9.88. The van der Waals surface area contributed by atoms with E-state index >= 15 is 0 Å². The second-order valence-electron chi connectivity index (χ2n) is 11.3. The van der Waals surface area contributed by atoms with Crippen molar-refractivity contribution < 1.29 is 27.0 Å². The summed E-state index contributed by atoms with van der Waals surface area (Å²) in [6, 6.07) is 17.1. The maximum Gasteiger partial charge on any atom is 0.329 e. The van der Waals surface area contributed by atoms with E-state index in [4.69, 9.17) is 13.8 Å². The molecular weight excluding hydrogens is 619 g/mol. The number of H-pyrrole nitrogens is 1. The van der Waals surface area contributed by atoms with Gasteiger partial charge in [-0.2, -0.15) is 0 Å². The SMILES string of the molecule is CC[C@H]1O[C@@H](n2c(=O)[nH]c3c(NC(=O)c4ccccc4)ncnc32)CC1O[P@@]1O[C@H](CS(=O)(=O)c2ccccc2)[C@@H]2CCCN21. The highest BCUT2D eigenvalue weighted by Crippen LogP contribution is 2.58. The van der Waals surface area contributed by atoms with E-state index in [-0.39, 0.29) is 34.5 Å². The number of carbonyl (C=O) groups is 1. The molecule has 0 saturated carbocycles. The summed E-state index contributed by atoms with van der Waals surface area (Å²) in [6.07, 6.45) is 2.14. The molecule has 3 aliphatic rings. The van der Waals surface area contributed by atoms with Gasteiger partial charge in [-0.25, -0.2) is 32.4 Å². The van der Waals surface area contributed by atoms with Crippen LogP contribution in [0.25, 0.3) is 11.2 Å². The molecule has 1 unspecified atom stereocenters. The van der Waals surface area contributed by atoms with Crippen LogP contribution in [0.1, 0.15) is 49.2 Å². The first-order valence-electron chi connectivity index (χ1n) is 15.0. The van der Waals surface area contributed by atoms with Crippen molar-refractivity contribution in [3.8, 4) is 0 Å². The lowest BCUT2D eigenvalue weighted by atomic mass is 10.1. The molecule has 1 amide bonds. The summed E-state index contributed by atoms with van der Waals surface area (Å²) in [5, 5.41) is 2.76. The molecule has 3 aliphatic heterocycles. The fraction of sp³-hybridized carbons (Fsp3) is 0.400. The summed E-state index contributed by atoms with van der Waals surface area (Å²) in [5.74, 6) is -0.300. The normalized spacial score (nSPS) is 26.8. The molecule has 0 aliphatic carbocycles. The van der Waals surface area contributed by atoms with Gasteiger partial charge in [0.2, 0.25) is 0 Å². The second-order valence-corrected chi connectivity index (χ2v) is 14.8. The molecule has 13 nitrogen and oxygen atoms in total. The van der Waals surface area contributed by atoms with E-state index in [0.717, 1.165) is 19.4 Å². The highest BCUT2D eigenvalue weighted by Gasteiger charge is 2.50. The maximum absolute atomic E-state index is 13.2. The molecule has 6 atom stereocenters. The van der Waals surface area contributed by atoms with E-state index in [1.54, 1.807) is 54.6 Å². The van der Waals surface area contributed by atoms with Gasteiger partial charge >= 0.3 is 5.69 Å². The maximum atomic E-state index is 13.2. The number of benzene rings is 2. The molecule has 3 fully saturated rings. The van der Waals surface area contributed by atoms with Gasteiger partial charge in [-0.05, 0) is 43.5 Å². The Balaban J connectivity index is 1.09. The van der Waals surface area contributed by atoms with Crippen LogP contribution in [0.15, 0.2) is 76.7 Å². The molecule has 45 heavy (non-hydrogen) atoms. The van der Waals surface area contributed by atoms with Crippen LogP contribution in [-0.2, 0) is 23.6 Å². The first-order valence-corrected chi connectivity index (χ1v) is 17.8. The van der Waals surface area contributed by atoms with Crippen LogP contribution in [0.4, 0.5) is 5.82 Å². The Morgan fingerprint density at radius 1 is 1.11 bits per heavy atom. The van der Waals surface area contributed by atoms with Crippen LogP contribution in [0.2, 0.25) is 0 Å². The average molecular weight is 653 g/mol. The molecular formula is C30H33N6O7PS. The Labute approximate surface area is 260 Å². The third kappa shape index (κ3) is 5.82. The molecule has 2 N–H and O–H groups in total. The minimum atomic E-state index is -3.54. The number of nitrogens with zero attached hydrogens (tertiary/aromatic N) is 4. The third-order valence-corrected chi connectivity index (χ3v) is 12.1. The van der Waals surface area contributed by atoms with Crippen LogP contribution in [-0.4, -0.2) is 75.2 Å². The summed E-state index contributed by atoms with van der Waals surface area (Å²) in [5.41, 5.74) is 0.591. The van der Waals surface area contributed by atoms with E-state index in [1.807, 2.05) is 13.0 Å². The molecule has 0 bridgehead atoms. The van der Waals surface area contributed by atoms with E-state index in [0.29, 0.717) is 29.6 Å². The third-order valence-electron chi connectivity index (χ3n) is 8.49. The monoisotopic (exact) mass is 652 g/mol. The summed E-state index contributed by atoms with van der Waals surface area (Å²) in [6.45, 7) is 2.75. The van der Waals surface area contributed by atoms with Gasteiger partial charge in [0.1, 0.15) is 18.1 Å². The molecule has 5 heterocycles. The molecule has 2 aromatic heterocycles. The minimum absolute atomic E-state index is 0.0368. The quantitative estimate of drug-likeness (QED) is 0.253. The first-order chi connectivity index (χ1) is 21.8. The number of ether oxygens (including phenoxy) is 1. The number of aromatic amines is 1. The Kier molecular flexibility index (Phi) is 8.27. The largest absolute Gasteiger partial charge is 0.352 e. The number of anilines is 1. The van der Waals surface area contributed by atoms with Crippen LogP contribution >= 0.6 is 8.53 Å². The van der Waals surface area contributed by atoms with Crippen molar-refractivity contribution >= 4 is 41.3 Å². The lowest BCUT2D eigenvalue weighted by molar-refractivity contribution is -0.0164. The number of fused-ring (bicyclic) bond motifs is 2. The van der Waals surface area contributed by atoms with Crippen LogP contribution < -0.4 is 11.0 Å². The zero-order valence-electron chi connectivity index (χ0n) is 24.5. The van der Waals surface area contributed by atoms with Crippen LogP contribution in [0.5, 0.6) is 0 Å². The van der Waals surface area contributed by atoms with Crippen LogP contribution in [0.3, 0.4) is 0 Å². The van der Waals surface area contributed by atoms with Crippen molar-refractivity contribution in [2.24, 2.45) is 0 Å². The van der Waals surface area contributed by atoms with E-state index in [1.165, 1.54) is 10.9 Å². The number of sulfone groups is 1. The highest BCUT2D eigenvalue weighted by atomic mass is 32.2. The number of imidazole rings is 1. The Morgan fingerprint density at radius 2 is 1.87 bits per heavy atom. The summed E-state index contributed by atoms with van der Waals surface area (Å²) in [4.78, 5) is 37.6. The number of nitrogens with one attached hydrogen (secondary N) is 2. The minimum Gasteiger partial charge on any atom is -0.352 e. The standard InChI is InChI=1S/C30H33N6O7PS/c1-2-22-23(42-44-35-15-9-14-21(35)24(43-44)17-45(39,40)20-12-7-4-8-13-20)16-25(41-22)36-28-26(33-30(36)38)27(31-18-32-28)34-29(37)19-10-5-3-6-11-19/h3-8,10-13,18,21-25H,2,9,14-17H2,1H3,(H,33,38)(H,31,32,34,37)/t21-,22+,23?,24+,25+,44-/m0/s1. The topological polar surface area (TPSA) is 158 Å². The van der Waals surface area contributed by atoms with Gasteiger partial charge in [0.25, 0.3) is 14.4 Å². The zero-order chi connectivity index (χ0) is 31.1. The summed E-state index contributed by atoms with van der Waals surface area (Å²) < 4.78 is 49.2. The van der Waals surface area contributed by atoms with E-state index in [9.17, 15) is 18.0 Å². The number of amides is 1. The van der Waals surface area contributed by atoms with Gasteiger partial charge in [-0.1, -0.05) is 43.3 Å². The number of hydrogen-bond acceptors (Lipinski definition) is 10. The lowest BCUT2D eigenvalue weighted by Crippen LogP contribution is -2.33. The van der Waals surface area contributed by atoms with Gasteiger partial charge in [0.05, 0.1) is 29.0 Å². The second kappa shape index (κ2) is 12.3. The predicted molar refractivity (Wildman–Crippen MR) is 166 cm³/mol. The van der Waals surface area contributed by atoms with Crippen molar-refractivity contribution in [3.05, 3.63) is 83.0 Å². The van der Waals surface area contributed by atoms with E-state index in [2.05, 4.69) is 24.9 Å². The molecule has 7 rings (SSSR count). The Bertz CT molecular complexity index is 1850. The fourth-order valence-electron chi connectivity index (χ4n) is 6.29. The van der Waals surface area contributed by atoms with Gasteiger partial charge in [0.15, 0.2) is 21.3 Å². The smallest absolute Gasteiger partial charge is 0.329 e. The summed E-state index contributed by atoms with van der Waals surface area (Å²) >= 11 is 0. The molecule has 3 saturated heterocycles. The van der Waals surface area contributed by atoms with Gasteiger partial charge in [-0.3, -0.25) is 4.79 Å². The van der Waals surface area contributed by atoms with Crippen molar-refractivity contribution in [2.45, 2.75) is 68.1 Å². The average Bonchev–Trinajstić information content (AvgIpc) is 3.82. The Hall–Kier alpha value is -3.52. The molecule has 4 aromatic rings. The zero-order valence-corrected chi connectivity index (χ0v) is 26.2. The predicted octanol–water partition coefficient (Wildman–Crippen LogP) is 4.02. The van der Waals surface area contributed by atoms with E-state index < -0.39 is 42.5 Å². The molecule has 15 heteroatoms. The lowest BCUT2D eigenvalue weighted by Gasteiger charge is -2.25. The number of rotatable bonds is 9.